The molecule has 2 nitrogen and oxygen atoms in total. The van der Waals surface area contributed by atoms with Crippen molar-refractivity contribution in [3.8, 4) is 5.75 Å². The van der Waals surface area contributed by atoms with E-state index in [1.54, 1.807) is 0 Å². The van der Waals surface area contributed by atoms with E-state index in [1.165, 1.54) is 30.4 Å². The number of aromatic hydroxyl groups is 1. The van der Waals surface area contributed by atoms with Crippen molar-refractivity contribution in [2.75, 3.05) is 0 Å². The molecule has 2 N–H and O–H groups in total. The zero-order valence-electron chi connectivity index (χ0n) is 14.7. The van der Waals surface area contributed by atoms with E-state index in [9.17, 15) is 10.2 Å². The number of hydrogen-bond donors (Lipinski definition) is 2. The fourth-order valence-corrected chi connectivity index (χ4v) is 6.33. The van der Waals surface area contributed by atoms with Gasteiger partial charge in [0.05, 0.1) is 6.10 Å². The van der Waals surface area contributed by atoms with Crippen LogP contribution in [0.15, 0.2) is 30.9 Å². The highest BCUT2D eigenvalue weighted by atomic mass is 16.3. The molecule has 0 radical (unpaired) electrons. The van der Waals surface area contributed by atoms with Crippen LogP contribution in [0.25, 0.3) is 0 Å². The highest BCUT2D eigenvalue weighted by molar-refractivity contribution is 5.40. The van der Waals surface area contributed by atoms with E-state index >= 15 is 0 Å². The van der Waals surface area contributed by atoms with Gasteiger partial charge in [0.15, 0.2) is 0 Å². The van der Waals surface area contributed by atoms with Crippen LogP contribution in [0.2, 0.25) is 0 Å². The summed E-state index contributed by atoms with van der Waals surface area (Å²) in [6.07, 6.45) is 9.71. The number of aryl methyl sites for hydroxylation is 1. The van der Waals surface area contributed by atoms with Crippen molar-refractivity contribution in [2.24, 2.45) is 23.2 Å². The average molecular weight is 326 g/mol. The van der Waals surface area contributed by atoms with Crippen LogP contribution in [0.3, 0.4) is 0 Å². The number of aliphatic hydroxyl groups excluding tert-OH is 1. The van der Waals surface area contributed by atoms with Crippen molar-refractivity contribution in [2.45, 2.75) is 63.9 Å². The lowest BCUT2D eigenvalue weighted by molar-refractivity contribution is -0.0332. The van der Waals surface area contributed by atoms with Crippen molar-refractivity contribution in [3.63, 3.8) is 0 Å². The van der Waals surface area contributed by atoms with E-state index < -0.39 is 0 Å². The molecule has 3 aliphatic rings. The molecule has 0 spiro atoms. The molecule has 0 heterocycles. The largest absolute Gasteiger partial charge is 0.508 e. The van der Waals surface area contributed by atoms with Crippen molar-refractivity contribution in [3.05, 3.63) is 42.0 Å². The number of phenols is 1. The average Bonchev–Trinajstić information content (AvgIpc) is 2.84. The van der Waals surface area contributed by atoms with Crippen molar-refractivity contribution in [1.82, 2.24) is 0 Å². The summed E-state index contributed by atoms with van der Waals surface area (Å²) < 4.78 is 0. The van der Waals surface area contributed by atoms with Crippen LogP contribution in [0, 0.1) is 23.2 Å². The van der Waals surface area contributed by atoms with Gasteiger partial charge in [0.25, 0.3) is 0 Å². The summed E-state index contributed by atoms with van der Waals surface area (Å²) in [6, 6.07) is 5.98. The second kappa shape index (κ2) is 5.91. The van der Waals surface area contributed by atoms with Crippen LogP contribution >= 0.6 is 0 Å². The molecule has 0 bridgehead atoms. The summed E-state index contributed by atoms with van der Waals surface area (Å²) >= 11 is 0. The Kier molecular flexibility index (Phi) is 3.99. The number of benzene rings is 1. The first-order valence-electron chi connectivity index (χ1n) is 9.65. The summed E-state index contributed by atoms with van der Waals surface area (Å²) in [5.74, 6) is 2.80. The molecule has 6 atom stereocenters. The molecule has 1 aromatic rings. The molecule has 0 amide bonds. The van der Waals surface area contributed by atoms with Crippen LogP contribution in [0.5, 0.6) is 5.75 Å². The smallest absolute Gasteiger partial charge is 0.115 e. The lowest BCUT2D eigenvalue weighted by Gasteiger charge is -2.50. The van der Waals surface area contributed by atoms with Gasteiger partial charge < -0.3 is 10.2 Å². The van der Waals surface area contributed by atoms with Crippen LogP contribution in [-0.2, 0) is 6.42 Å². The van der Waals surface area contributed by atoms with Gasteiger partial charge in [-0.2, -0.15) is 0 Å². The maximum atomic E-state index is 11.0. The highest BCUT2D eigenvalue weighted by Crippen LogP contribution is 2.62. The Morgan fingerprint density at radius 2 is 2.17 bits per heavy atom. The van der Waals surface area contributed by atoms with Gasteiger partial charge in [-0.3, -0.25) is 0 Å². The molecule has 1 aromatic carbocycles. The lowest BCUT2D eigenvalue weighted by Crippen LogP contribution is -2.44. The van der Waals surface area contributed by atoms with Gasteiger partial charge in [-0.15, -0.1) is 6.58 Å². The second-order valence-electron chi connectivity index (χ2n) is 8.65. The van der Waals surface area contributed by atoms with Gasteiger partial charge in [-0.1, -0.05) is 19.1 Å². The lowest BCUT2D eigenvalue weighted by atomic mass is 9.55. The predicted molar refractivity (Wildman–Crippen MR) is 97.0 cm³/mol. The minimum absolute atomic E-state index is 0.0986. The van der Waals surface area contributed by atoms with Crippen LogP contribution in [-0.4, -0.2) is 16.3 Å². The second-order valence-corrected chi connectivity index (χ2v) is 8.65. The summed E-state index contributed by atoms with van der Waals surface area (Å²) in [7, 11) is 0. The summed E-state index contributed by atoms with van der Waals surface area (Å²) in [5.41, 5.74) is 2.92. The monoisotopic (exact) mass is 326 g/mol. The summed E-state index contributed by atoms with van der Waals surface area (Å²) in [6.45, 7) is 6.20. The Hall–Kier alpha value is -1.28. The van der Waals surface area contributed by atoms with Crippen LogP contribution in [0.4, 0.5) is 0 Å². The normalized spacial score (nSPS) is 40.5. The molecule has 4 rings (SSSR count). The third-order valence-corrected chi connectivity index (χ3v) is 7.57. The fourth-order valence-electron chi connectivity index (χ4n) is 6.33. The molecule has 0 aliphatic heterocycles. The summed E-state index contributed by atoms with van der Waals surface area (Å²) in [5, 5.41) is 20.8. The first-order valence-corrected chi connectivity index (χ1v) is 9.65. The SMILES string of the molecule is C=CCC[C@H]1C[C@H]2[C@@H]3CCc4cc(O)ccc4[C@H]3CC[C@]2(C)[C@H]1O. The zero-order chi connectivity index (χ0) is 16.9. The predicted octanol–water partition coefficient (Wildman–Crippen LogP) is 4.80. The third-order valence-electron chi connectivity index (χ3n) is 7.57. The molecule has 2 saturated carbocycles. The third kappa shape index (κ3) is 2.34. The first kappa shape index (κ1) is 16.2. The van der Waals surface area contributed by atoms with E-state index in [2.05, 4.69) is 19.6 Å². The molecule has 0 saturated heterocycles. The van der Waals surface area contributed by atoms with Gasteiger partial charge in [0.2, 0.25) is 0 Å². The van der Waals surface area contributed by atoms with Crippen molar-refractivity contribution in [1.29, 1.82) is 0 Å². The van der Waals surface area contributed by atoms with E-state index in [0.717, 1.165) is 25.7 Å². The van der Waals surface area contributed by atoms with E-state index in [0.29, 0.717) is 29.4 Å². The molecular formula is C22H30O2. The number of aliphatic hydroxyl groups is 1. The van der Waals surface area contributed by atoms with Gasteiger partial charge in [0, 0.05) is 0 Å². The maximum absolute atomic E-state index is 11.0. The first-order chi connectivity index (χ1) is 11.5. The molecule has 0 aromatic heterocycles. The molecule has 24 heavy (non-hydrogen) atoms. The molecule has 2 fully saturated rings. The molecular weight excluding hydrogens is 296 g/mol. The number of phenolic OH excluding ortho intramolecular Hbond substituents is 1. The van der Waals surface area contributed by atoms with Gasteiger partial charge in [-0.05, 0) is 97.3 Å². The Balaban J connectivity index is 1.62. The molecule has 3 aliphatic carbocycles. The Morgan fingerprint density at radius 1 is 1.33 bits per heavy atom. The van der Waals surface area contributed by atoms with Crippen LogP contribution < -0.4 is 0 Å². The Bertz CT molecular complexity index is 637. The fraction of sp³-hybridized carbons (Fsp3) is 0.636. The van der Waals surface area contributed by atoms with Gasteiger partial charge in [-0.25, -0.2) is 0 Å². The summed E-state index contributed by atoms with van der Waals surface area (Å²) in [4.78, 5) is 0. The Morgan fingerprint density at radius 3 is 2.96 bits per heavy atom. The molecule has 2 heteroatoms. The number of rotatable bonds is 3. The number of fused-ring (bicyclic) bond motifs is 5. The van der Waals surface area contributed by atoms with E-state index in [1.807, 2.05) is 18.2 Å². The van der Waals surface area contributed by atoms with Gasteiger partial charge >= 0.3 is 0 Å². The van der Waals surface area contributed by atoms with Gasteiger partial charge in [0.1, 0.15) is 5.75 Å². The molecule has 0 unspecified atom stereocenters. The highest BCUT2D eigenvalue weighted by Gasteiger charge is 2.57. The standard InChI is InChI=1S/C22H30O2/c1-3-4-5-15-13-20-19-8-6-14-12-16(23)7-9-17(14)18(19)10-11-22(20,2)21(15)24/h3,7,9,12,15,18-21,23-24H,1,4-6,8,10-11,13H2,2H3/t15-,18+,19+,20-,21-,22-/m0/s1. The molecule has 130 valence electrons. The van der Waals surface area contributed by atoms with Crippen molar-refractivity contribution >= 4 is 0 Å². The van der Waals surface area contributed by atoms with E-state index in [-0.39, 0.29) is 11.5 Å². The maximum Gasteiger partial charge on any atom is 0.115 e. The quantitative estimate of drug-likeness (QED) is 0.783. The van der Waals surface area contributed by atoms with E-state index in [4.69, 9.17) is 0 Å². The number of hydrogen-bond acceptors (Lipinski definition) is 2. The minimum Gasteiger partial charge on any atom is -0.508 e. The topological polar surface area (TPSA) is 40.5 Å². The minimum atomic E-state index is -0.149. The zero-order valence-corrected chi connectivity index (χ0v) is 14.7. The van der Waals surface area contributed by atoms with Crippen LogP contribution in [0.1, 0.15) is 62.5 Å². The Labute approximate surface area is 145 Å². The van der Waals surface area contributed by atoms with Crippen molar-refractivity contribution < 1.29 is 10.2 Å². The number of allylic oxidation sites excluding steroid dienone is 1.